The Morgan fingerprint density at radius 2 is 1.81 bits per heavy atom. The number of carbonyl (C=O) groups is 1. The number of rotatable bonds is 13. The molecule has 0 saturated carbocycles. The molecule has 1 aliphatic carbocycles. The predicted molar refractivity (Wildman–Crippen MR) is 213 cm³/mol. The number of hydrogen-bond acceptors (Lipinski definition) is 7. The predicted octanol–water partition coefficient (Wildman–Crippen LogP) is 10.5. The van der Waals surface area contributed by atoms with Crippen molar-refractivity contribution in [2.45, 2.75) is 96.9 Å². The van der Waals surface area contributed by atoms with E-state index >= 15 is 0 Å². The molecular formula is C45H56N4O3. The van der Waals surface area contributed by atoms with Crippen LogP contribution in [0.25, 0.3) is 17.3 Å². The number of ketones is 1. The van der Waals surface area contributed by atoms with Gasteiger partial charge in [-0.1, -0.05) is 58.1 Å². The molecule has 274 valence electrons. The zero-order chi connectivity index (χ0) is 36.3. The number of nitrogens with zero attached hydrogens (tertiary/aromatic N) is 4. The maximum Gasteiger partial charge on any atom is 0.158 e. The van der Waals surface area contributed by atoms with Crippen LogP contribution in [0.2, 0.25) is 0 Å². The summed E-state index contributed by atoms with van der Waals surface area (Å²) in [5.41, 5.74) is 7.04. The van der Waals surface area contributed by atoms with Crippen LogP contribution < -0.4 is 4.74 Å². The Bertz CT molecular complexity index is 1730. The van der Waals surface area contributed by atoms with Crippen molar-refractivity contribution in [1.82, 2.24) is 15.1 Å². The normalized spacial score (nSPS) is 19.5. The van der Waals surface area contributed by atoms with Gasteiger partial charge >= 0.3 is 0 Å². The number of hydrogen-bond donors (Lipinski definition) is 0. The Morgan fingerprint density at radius 1 is 1.02 bits per heavy atom. The van der Waals surface area contributed by atoms with Gasteiger partial charge in [0.2, 0.25) is 0 Å². The highest BCUT2D eigenvalue weighted by atomic mass is 16.5. The zero-order valence-corrected chi connectivity index (χ0v) is 31.4. The lowest BCUT2D eigenvalue weighted by Crippen LogP contribution is -2.45. The number of aliphatic imine (C=N–C) groups is 1. The molecule has 1 unspecified atom stereocenters. The van der Waals surface area contributed by atoms with Gasteiger partial charge in [-0.15, -0.1) is 0 Å². The van der Waals surface area contributed by atoms with E-state index < -0.39 is 0 Å². The molecule has 3 aromatic rings. The number of aryl methyl sites for hydroxylation is 1. The third-order valence-electron chi connectivity index (χ3n) is 10.9. The van der Waals surface area contributed by atoms with E-state index in [1.165, 1.54) is 5.71 Å². The molecule has 0 amide bonds. The smallest absolute Gasteiger partial charge is 0.158 e. The maximum absolute atomic E-state index is 13.0. The van der Waals surface area contributed by atoms with Gasteiger partial charge in [0.1, 0.15) is 11.5 Å². The van der Waals surface area contributed by atoms with Gasteiger partial charge in [-0.05, 0) is 137 Å². The molecule has 2 fully saturated rings. The average Bonchev–Trinajstić information content (AvgIpc) is 3.17. The summed E-state index contributed by atoms with van der Waals surface area (Å²) >= 11 is 0. The van der Waals surface area contributed by atoms with Gasteiger partial charge in [0.25, 0.3) is 0 Å². The number of allylic oxidation sites excluding steroid dienone is 4. The first-order chi connectivity index (χ1) is 25.4. The molecule has 6 rings (SSSR count). The number of aromatic nitrogens is 2. The Balaban J connectivity index is 1.27. The lowest BCUT2D eigenvalue weighted by molar-refractivity contribution is -0.118. The lowest BCUT2D eigenvalue weighted by atomic mass is 9.88. The van der Waals surface area contributed by atoms with Gasteiger partial charge in [0, 0.05) is 48.1 Å². The van der Waals surface area contributed by atoms with Crippen molar-refractivity contribution >= 4 is 23.3 Å². The molecule has 0 radical (unpaired) electrons. The molecule has 3 aliphatic rings. The number of ether oxygens (including phenoxy) is 2. The van der Waals surface area contributed by atoms with Crippen molar-refractivity contribution in [3.63, 3.8) is 0 Å². The molecule has 7 nitrogen and oxygen atoms in total. The summed E-state index contributed by atoms with van der Waals surface area (Å²) in [4.78, 5) is 21.1. The fourth-order valence-corrected chi connectivity index (χ4v) is 7.74. The molecule has 52 heavy (non-hydrogen) atoms. The first-order valence-corrected chi connectivity index (χ1v) is 19.6. The van der Waals surface area contributed by atoms with Crippen LogP contribution in [0.5, 0.6) is 11.5 Å². The standard InChI is InChI=1S/C45H56N4O3/c1-5-11-41(35-22-26-49(27-23-35)38-24-28-51-29-25-38)46-43-31-45(37(30-33(43)6-2)15-14-36-12-9-7-8-10-13-44(36)50)52-39-18-16-34(17-19-39)42-21-20-40(32(3)4)47-48-42/h6-8,10,13,16-21,30-32,35-36,38H,2,5,9,11-12,14-15,22-29H2,1,3-4H3. The van der Waals surface area contributed by atoms with Crippen LogP contribution in [0, 0.1) is 11.8 Å². The second kappa shape index (κ2) is 18.5. The molecule has 1 aromatic heterocycles. The number of piperidine rings is 1. The van der Waals surface area contributed by atoms with Crippen molar-refractivity contribution < 1.29 is 14.3 Å². The second-order valence-corrected chi connectivity index (χ2v) is 14.9. The van der Waals surface area contributed by atoms with Gasteiger partial charge in [-0.3, -0.25) is 9.79 Å². The van der Waals surface area contributed by atoms with Crippen LogP contribution in [0.1, 0.15) is 101 Å². The molecule has 7 heteroatoms. The molecule has 2 aromatic carbocycles. The Hall–Kier alpha value is -4.20. The minimum Gasteiger partial charge on any atom is -0.457 e. The van der Waals surface area contributed by atoms with E-state index in [0.717, 1.165) is 136 Å². The second-order valence-electron chi connectivity index (χ2n) is 14.9. The van der Waals surface area contributed by atoms with Crippen LogP contribution in [-0.4, -0.2) is 58.9 Å². The van der Waals surface area contributed by atoms with Gasteiger partial charge in [0.05, 0.1) is 17.1 Å². The van der Waals surface area contributed by atoms with E-state index in [1.54, 1.807) is 6.08 Å². The quantitative estimate of drug-likeness (QED) is 0.165. The van der Waals surface area contributed by atoms with Crippen molar-refractivity contribution in [2.75, 3.05) is 26.3 Å². The van der Waals surface area contributed by atoms with Crippen LogP contribution in [0.15, 0.2) is 84.4 Å². The van der Waals surface area contributed by atoms with E-state index in [-0.39, 0.29) is 11.7 Å². The maximum atomic E-state index is 13.0. The van der Waals surface area contributed by atoms with E-state index in [4.69, 9.17) is 14.5 Å². The van der Waals surface area contributed by atoms with Crippen molar-refractivity contribution in [3.05, 3.63) is 96.2 Å². The molecule has 0 N–H and O–H groups in total. The molecular weight excluding hydrogens is 645 g/mol. The van der Waals surface area contributed by atoms with E-state index in [0.29, 0.717) is 17.9 Å². The molecule has 0 spiro atoms. The van der Waals surface area contributed by atoms with Crippen molar-refractivity contribution in [3.8, 4) is 22.8 Å². The van der Waals surface area contributed by atoms with Gasteiger partial charge in [0.15, 0.2) is 5.78 Å². The minimum atomic E-state index is -0.0236. The van der Waals surface area contributed by atoms with Crippen molar-refractivity contribution in [2.24, 2.45) is 16.8 Å². The van der Waals surface area contributed by atoms with E-state index in [9.17, 15) is 4.79 Å². The van der Waals surface area contributed by atoms with Crippen LogP contribution in [-0.2, 0) is 16.0 Å². The summed E-state index contributed by atoms with van der Waals surface area (Å²) in [5, 5.41) is 8.88. The van der Waals surface area contributed by atoms with Gasteiger partial charge in [-0.2, -0.15) is 10.2 Å². The van der Waals surface area contributed by atoms with Crippen LogP contribution in [0.4, 0.5) is 5.69 Å². The summed E-state index contributed by atoms with van der Waals surface area (Å²) < 4.78 is 12.3. The van der Waals surface area contributed by atoms with E-state index in [2.05, 4.69) is 60.7 Å². The summed E-state index contributed by atoms with van der Waals surface area (Å²) in [7, 11) is 0. The third-order valence-corrected chi connectivity index (χ3v) is 10.9. The molecule has 3 heterocycles. The number of likely N-dealkylation sites (tertiary alicyclic amines) is 1. The van der Waals surface area contributed by atoms with Gasteiger partial charge in [-0.25, -0.2) is 0 Å². The summed E-state index contributed by atoms with van der Waals surface area (Å²) in [6.45, 7) is 14.7. The van der Waals surface area contributed by atoms with Gasteiger partial charge < -0.3 is 14.4 Å². The highest BCUT2D eigenvalue weighted by Gasteiger charge is 2.29. The molecule has 2 aliphatic heterocycles. The minimum absolute atomic E-state index is 0.0236. The topological polar surface area (TPSA) is 76.9 Å². The Kier molecular flexibility index (Phi) is 13.4. The fraction of sp³-hybridized carbons (Fsp3) is 0.467. The number of benzene rings is 2. The van der Waals surface area contributed by atoms with Crippen molar-refractivity contribution in [1.29, 1.82) is 0 Å². The molecule has 2 saturated heterocycles. The Labute approximate surface area is 310 Å². The zero-order valence-electron chi connectivity index (χ0n) is 31.4. The lowest BCUT2D eigenvalue weighted by Gasteiger charge is -2.39. The third kappa shape index (κ3) is 9.81. The monoisotopic (exact) mass is 700 g/mol. The highest BCUT2D eigenvalue weighted by molar-refractivity contribution is 5.92. The summed E-state index contributed by atoms with van der Waals surface area (Å²) in [6.07, 6.45) is 19.4. The molecule has 0 bridgehead atoms. The average molecular weight is 701 g/mol. The SMILES string of the molecule is C=Cc1cc(CCC2CCC=CC=CC2=O)c(Oc2ccc(-c3ccc(C(C)C)nn3)cc2)cc1N=C(CCC)C1CCN(C2CCOCC2)CC1. The van der Waals surface area contributed by atoms with E-state index in [1.807, 2.05) is 54.6 Å². The Morgan fingerprint density at radius 3 is 2.50 bits per heavy atom. The first kappa shape index (κ1) is 37.6. The number of carbonyl (C=O) groups excluding carboxylic acids is 1. The fourth-order valence-electron chi connectivity index (χ4n) is 7.74. The highest BCUT2D eigenvalue weighted by Crippen LogP contribution is 2.37. The van der Waals surface area contributed by atoms with Crippen LogP contribution in [0.3, 0.4) is 0 Å². The molecule has 1 atom stereocenters. The van der Waals surface area contributed by atoms with Crippen LogP contribution >= 0.6 is 0 Å². The first-order valence-electron chi connectivity index (χ1n) is 19.6. The summed E-state index contributed by atoms with van der Waals surface area (Å²) in [6, 6.07) is 17.1. The summed E-state index contributed by atoms with van der Waals surface area (Å²) in [5.74, 6) is 2.49. The largest absolute Gasteiger partial charge is 0.457 e.